The molecule has 15 heavy (non-hydrogen) atoms. The van der Waals surface area contributed by atoms with E-state index < -0.39 is 0 Å². The van der Waals surface area contributed by atoms with Crippen molar-refractivity contribution in [3.63, 3.8) is 0 Å². The molecule has 1 aliphatic rings. The van der Waals surface area contributed by atoms with Gasteiger partial charge in [0.05, 0.1) is 6.54 Å². The first-order valence-electron chi connectivity index (χ1n) is 5.11. The van der Waals surface area contributed by atoms with E-state index in [2.05, 4.69) is 33.0 Å². The van der Waals surface area contributed by atoms with Gasteiger partial charge in [-0.2, -0.15) is 0 Å². The average Bonchev–Trinajstić information content (AvgIpc) is 2.49. The molecule has 0 radical (unpaired) electrons. The van der Waals surface area contributed by atoms with E-state index in [-0.39, 0.29) is 5.92 Å². The summed E-state index contributed by atoms with van der Waals surface area (Å²) in [7, 11) is 2.00. The largest absolute Gasteiger partial charge is 0.298 e. The quantitative estimate of drug-likeness (QED) is 0.819. The minimum Gasteiger partial charge on any atom is -0.298 e. The molecule has 0 N–H and O–H groups in total. The van der Waals surface area contributed by atoms with Gasteiger partial charge in [-0.15, -0.1) is 0 Å². The van der Waals surface area contributed by atoms with Crippen LogP contribution in [0.1, 0.15) is 5.56 Å². The van der Waals surface area contributed by atoms with Crippen LogP contribution in [0.15, 0.2) is 28.7 Å². The number of likely N-dealkylation sites (N-methyl/N-ethyl adjacent to an activating group) is 1. The van der Waals surface area contributed by atoms with E-state index in [1.54, 1.807) is 0 Å². The lowest BCUT2D eigenvalue weighted by Gasteiger charge is -2.08. The first kappa shape index (κ1) is 10.8. The molecular formula is C12H14BrNO. The second-order valence-corrected chi connectivity index (χ2v) is 5.11. The molecule has 1 saturated heterocycles. The molecule has 1 aromatic carbocycles. The van der Waals surface area contributed by atoms with Crippen LogP contribution in [0.4, 0.5) is 0 Å². The van der Waals surface area contributed by atoms with Crippen LogP contribution in [0.5, 0.6) is 0 Å². The number of likely N-dealkylation sites (tertiary alicyclic amines) is 1. The number of ketones is 1. The Bertz CT molecular complexity index is 360. The van der Waals surface area contributed by atoms with Crippen LogP contribution in [0, 0.1) is 5.92 Å². The van der Waals surface area contributed by atoms with Gasteiger partial charge in [-0.05, 0) is 31.2 Å². The van der Waals surface area contributed by atoms with E-state index in [9.17, 15) is 4.79 Å². The van der Waals surface area contributed by atoms with Crippen LogP contribution in [0.2, 0.25) is 0 Å². The Hall–Kier alpha value is -0.670. The summed E-state index contributed by atoms with van der Waals surface area (Å²) >= 11 is 3.40. The van der Waals surface area contributed by atoms with Gasteiger partial charge in [0, 0.05) is 16.9 Å². The van der Waals surface area contributed by atoms with E-state index in [1.807, 2.05) is 19.2 Å². The van der Waals surface area contributed by atoms with Crippen molar-refractivity contribution in [1.82, 2.24) is 4.90 Å². The molecule has 1 fully saturated rings. The van der Waals surface area contributed by atoms with E-state index in [0.29, 0.717) is 12.3 Å². The summed E-state index contributed by atoms with van der Waals surface area (Å²) in [6, 6.07) is 8.21. The number of benzene rings is 1. The Balaban J connectivity index is 2.03. The standard InChI is InChI=1S/C12H14BrNO/c1-14-7-10(12(15)8-14)6-9-2-4-11(13)5-3-9/h2-5,10H,6-8H2,1H3. The van der Waals surface area contributed by atoms with Crippen molar-refractivity contribution in [1.29, 1.82) is 0 Å². The third-order valence-corrected chi connectivity index (χ3v) is 3.34. The molecule has 1 unspecified atom stereocenters. The highest BCUT2D eigenvalue weighted by atomic mass is 79.9. The molecule has 0 aromatic heterocycles. The highest BCUT2D eigenvalue weighted by Gasteiger charge is 2.28. The molecule has 2 rings (SSSR count). The molecule has 1 atom stereocenters. The maximum absolute atomic E-state index is 11.6. The summed E-state index contributed by atoms with van der Waals surface area (Å²) in [5, 5.41) is 0. The zero-order valence-electron chi connectivity index (χ0n) is 8.74. The van der Waals surface area contributed by atoms with Crippen LogP contribution in [0.3, 0.4) is 0 Å². The highest BCUT2D eigenvalue weighted by molar-refractivity contribution is 9.10. The van der Waals surface area contributed by atoms with Gasteiger partial charge in [-0.3, -0.25) is 9.69 Å². The lowest BCUT2D eigenvalue weighted by molar-refractivity contribution is -0.119. The van der Waals surface area contributed by atoms with Crippen molar-refractivity contribution in [2.75, 3.05) is 20.1 Å². The number of hydrogen-bond acceptors (Lipinski definition) is 2. The minimum atomic E-state index is 0.191. The third-order valence-electron chi connectivity index (χ3n) is 2.81. The van der Waals surface area contributed by atoms with E-state index in [1.165, 1.54) is 5.56 Å². The summed E-state index contributed by atoms with van der Waals surface area (Å²) in [4.78, 5) is 13.7. The number of carbonyl (C=O) groups is 1. The zero-order valence-corrected chi connectivity index (χ0v) is 10.3. The molecule has 0 bridgehead atoms. The number of nitrogens with zero attached hydrogens (tertiary/aromatic N) is 1. The first-order valence-corrected chi connectivity index (χ1v) is 5.90. The fraction of sp³-hybridized carbons (Fsp3) is 0.417. The van der Waals surface area contributed by atoms with Gasteiger partial charge in [0.25, 0.3) is 0 Å². The maximum atomic E-state index is 11.6. The summed E-state index contributed by atoms with van der Waals surface area (Å²) < 4.78 is 1.08. The predicted molar refractivity (Wildman–Crippen MR) is 63.8 cm³/mol. The summed E-state index contributed by atoms with van der Waals surface area (Å²) in [5.74, 6) is 0.566. The molecule has 0 aliphatic carbocycles. The first-order chi connectivity index (χ1) is 7.15. The van der Waals surface area contributed by atoms with Crippen molar-refractivity contribution in [2.45, 2.75) is 6.42 Å². The number of hydrogen-bond donors (Lipinski definition) is 0. The Morgan fingerprint density at radius 1 is 1.40 bits per heavy atom. The number of carbonyl (C=O) groups excluding carboxylic acids is 1. The minimum absolute atomic E-state index is 0.191. The van der Waals surface area contributed by atoms with Crippen molar-refractivity contribution >= 4 is 21.7 Å². The Morgan fingerprint density at radius 3 is 2.60 bits per heavy atom. The summed E-state index contributed by atoms with van der Waals surface area (Å²) in [5.41, 5.74) is 1.24. The topological polar surface area (TPSA) is 20.3 Å². The van der Waals surface area contributed by atoms with Crippen LogP contribution in [0.25, 0.3) is 0 Å². The molecule has 80 valence electrons. The van der Waals surface area contributed by atoms with Crippen molar-refractivity contribution in [3.05, 3.63) is 34.3 Å². The van der Waals surface area contributed by atoms with E-state index in [4.69, 9.17) is 0 Å². The lowest BCUT2D eigenvalue weighted by atomic mass is 9.98. The molecule has 0 saturated carbocycles. The summed E-state index contributed by atoms with van der Waals surface area (Å²) in [6.07, 6.45) is 0.871. The molecule has 1 heterocycles. The SMILES string of the molecule is CN1CC(=O)C(Cc2ccc(Br)cc2)C1. The second-order valence-electron chi connectivity index (χ2n) is 4.19. The van der Waals surface area contributed by atoms with Crippen molar-refractivity contribution in [3.8, 4) is 0 Å². The Labute approximate surface area is 98.4 Å². The number of halogens is 1. The normalized spacial score (nSPS) is 22.3. The van der Waals surface area contributed by atoms with Gasteiger partial charge in [0.2, 0.25) is 0 Å². The second kappa shape index (κ2) is 4.45. The molecule has 0 spiro atoms. The van der Waals surface area contributed by atoms with Gasteiger partial charge < -0.3 is 0 Å². The molecule has 2 nitrogen and oxygen atoms in total. The monoisotopic (exact) mass is 267 g/mol. The molecule has 1 aliphatic heterocycles. The van der Waals surface area contributed by atoms with Crippen LogP contribution in [-0.2, 0) is 11.2 Å². The highest BCUT2D eigenvalue weighted by Crippen LogP contribution is 2.18. The number of rotatable bonds is 2. The maximum Gasteiger partial charge on any atom is 0.151 e. The van der Waals surface area contributed by atoms with Crippen LogP contribution < -0.4 is 0 Å². The van der Waals surface area contributed by atoms with E-state index in [0.717, 1.165) is 17.4 Å². The van der Waals surface area contributed by atoms with Crippen molar-refractivity contribution < 1.29 is 4.79 Å². The number of Topliss-reactive ketones (excluding diaryl/α,β-unsaturated/α-hetero) is 1. The Morgan fingerprint density at radius 2 is 2.07 bits per heavy atom. The van der Waals surface area contributed by atoms with Gasteiger partial charge >= 0.3 is 0 Å². The molecular weight excluding hydrogens is 254 g/mol. The smallest absolute Gasteiger partial charge is 0.151 e. The third kappa shape index (κ3) is 2.67. The van der Waals surface area contributed by atoms with Gasteiger partial charge in [-0.1, -0.05) is 28.1 Å². The fourth-order valence-electron chi connectivity index (χ4n) is 2.02. The van der Waals surface area contributed by atoms with E-state index >= 15 is 0 Å². The lowest BCUT2D eigenvalue weighted by Crippen LogP contribution is -2.15. The molecule has 0 amide bonds. The van der Waals surface area contributed by atoms with Crippen LogP contribution >= 0.6 is 15.9 Å². The van der Waals surface area contributed by atoms with Crippen LogP contribution in [-0.4, -0.2) is 30.8 Å². The van der Waals surface area contributed by atoms with Gasteiger partial charge in [-0.25, -0.2) is 0 Å². The zero-order chi connectivity index (χ0) is 10.8. The summed E-state index contributed by atoms with van der Waals surface area (Å²) in [6.45, 7) is 1.51. The average molecular weight is 268 g/mol. The van der Waals surface area contributed by atoms with Crippen molar-refractivity contribution in [2.24, 2.45) is 5.92 Å². The predicted octanol–water partition coefficient (Wildman–Crippen LogP) is 2.12. The molecule has 3 heteroatoms. The Kier molecular flexibility index (Phi) is 3.22. The van der Waals surface area contributed by atoms with Gasteiger partial charge in [0.15, 0.2) is 5.78 Å². The fourth-order valence-corrected chi connectivity index (χ4v) is 2.29. The molecule has 1 aromatic rings. The van der Waals surface area contributed by atoms with Gasteiger partial charge in [0.1, 0.15) is 0 Å².